The molecule has 1 aliphatic rings. The Bertz CT molecular complexity index is 698. The summed E-state index contributed by atoms with van der Waals surface area (Å²) in [6.07, 6.45) is 0. The van der Waals surface area contributed by atoms with Crippen LogP contribution in [0.15, 0.2) is 28.7 Å². The molecule has 1 aromatic carbocycles. The van der Waals surface area contributed by atoms with Gasteiger partial charge in [-0.1, -0.05) is 17.7 Å². The number of halogens is 1. The van der Waals surface area contributed by atoms with Gasteiger partial charge in [0.05, 0.1) is 32.7 Å². The molecule has 5 nitrogen and oxygen atoms in total. The average molecular weight is 318 g/mol. The first-order valence-electron chi connectivity index (χ1n) is 7.46. The molecule has 2 aromatic rings. The third-order valence-electron chi connectivity index (χ3n) is 4.04. The molecule has 114 valence electrons. The van der Waals surface area contributed by atoms with Crippen molar-refractivity contribution in [3.63, 3.8) is 0 Å². The fourth-order valence-corrected chi connectivity index (χ4v) is 2.91. The van der Waals surface area contributed by atoms with Crippen LogP contribution in [-0.2, 0) is 0 Å². The molecule has 0 atom stereocenters. The molecule has 0 bridgehead atoms. The molecule has 0 spiro atoms. The van der Waals surface area contributed by atoms with Gasteiger partial charge in [0.15, 0.2) is 0 Å². The summed E-state index contributed by atoms with van der Waals surface area (Å²) in [7, 11) is 0. The molecule has 0 aliphatic carbocycles. The maximum atomic E-state index is 9.33. The minimum atomic E-state index is 0.343. The molecule has 1 aliphatic heterocycles. The average Bonchev–Trinajstić information content (AvgIpc) is 2.99. The van der Waals surface area contributed by atoms with Crippen molar-refractivity contribution in [3.8, 4) is 17.5 Å². The van der Waals surface area contributed by atoms with Crippen molar-refractivity contribution in [3.05, 3.63) is 35.0 Å². The number of anilines is 1. The molecule has 2 heterocycles. The van der Waals surface area contributed by atoms with E-state index in [4.69, 9.17) is 16.0 Å². The first-order valence-corrected chi connectivity index (χ1v) is 7.84. The summed E-state index contributed by atoms with van der Waals surface area (Å²) in [5, 5.41) is 9.95. The SMILES string of the molecule is CC[NH+]1CCN(c2oc(-c3cccc(Cl)c3)nc2C#N)CC1. The molecule has 6 heteroatoms. The third kappa shape index (κ3) is 2.94. The molecule has 0 saturated carbocycles. The zero-order valence-electron chi connectivity index (χ0n) is 12.5. The molecule has 0 amide bonds. The van der Waals surface area contributed by atoms with E-state index in [0.29, 0.717) is 22.5 Å². The summed E-state index contributed by atoms with van der Waals surface area (Å²) in [5.41, 5.74) is 1.13. The van der Waals surface area contributed by atoms with E-state index in [1.165, 1.54) is 0 Å². The molecular formula is C16H18ClN4O+. The number of rotatable bonds is 3. The van der Waals surface area contributed by atoms with Gasteiger partial charge in [0.1, 0.15) is 6.07 Å². The first-order chi connectivity index (χ1) is 10.7. The van der Waals surface area contributed by atoms with Crippen molar-refractivity contribution in [1.82, 2.24) is 4.98 Å². The largest absolute Gasteiger partial charge is 0.419 e. The number of hydrogen-bond donors (Lipinski definition) is 1. The summed E-state index contributed by atoms with van der Waals surface area (Å²) in [6, 6.07) is 9.45. The van der Waals surface area contributed by atoms with Gasteiger partial charge >= 0.3 is 0 Å². The lowest BCUT2D eigenvalue weighted by Crippen LogP contribution is -3.14. The Labute approximate surface area is 134 Å². The van der Waals surface area contributed by atoms with Gasteiger partial charge in [-0.25, -0.2) is 0 Å². The van der Waals surface area contributed by atoms with E-state index < -0.39 is 0 Å². The van der Waals surface area contributed by atoms with Crippen molar-refractivity contribution < 1.29 is 9.32 Å². The highest BCUT2D eigenvalue weighted by atomic mass is 35.5. The number of quaternary nitrogens is 1. The summed E-state index contributed by atoms with van der Waals surface area (Å²) in [4.78, 5) is 8.00. The quantitative estimate of drug-likeness (QED) is 0.934. The topological polar surface area (TPSA) is 57.5 Å². The number of oxazole rings is 1. The molecular weight excluding hydrogens is 300 g/mol. The molecule has 0 radical (unpaired) electrons. The molecule has 1 N–H and O–H groups in total. The normalized spacial score (nSPS) is 15.8. The second-order valence-corrected chi connectivity index (χ2v) is 5.82. The van der Waals surface area contributed by atoms with Crippen LogP contribution in [0.5, 0.6) is 0 Å². The van der Waals surface area contributed by atoms with E-state index in [0.717, 1.165) is 38.3 Å². The van der Waals surface area contributed by atoms with Crippen LogP contribution >= 0.6 is 11.6 Å². The van der Waals surface area contributed by atoms with Crippen LogP contribution in [0.4, 0.5) is 5.88 Å². The van der Waals surface area contributed by atoms with Crippen molar-refractivity contribution in [2.24, 2.45) is 0 Å². The third-order valence-corrected chi connectivity index (χ3v) is 4.28. The number of hydrogen-bond acceptors (Lipinski definition) is 4. The van der Waals surface area contributed by atoms with Crippen LogP contribution in [-0.4, -0.2) is 37.7 Å². The van der Waals surface area contributed by atoms with Crippen LogP contribution < -0.4 is 9.80 Å². The van der Waals surface area contributed by atoms with Gasteiger partial charge in [0, 0.05) is 10.6 Å². The van der Waals surface area contributed by atoms with Crippen LogP contribution in [0.1, 0.15) is 12.6 Å². The summed E-state index contributed by atoms with van der Waals surface area (Å²) in [6.45, 7) is 7.17. The predicted molar refractivity (Wildman–Crippen MR) is 85.1 cm³/mol. The number of likely N-dealkylation sites (N-methyl/N-ethyl adjacent to an activating group) is 1. The van der Waals surface area contributed by atoms with E-state index in [9.17, 15) is 5.26 Å². The number of benzene rings is 1. The fourth-order valence-electron chi connectivity index (χ4n) is 2.72. The van der Waals surface area contributed by atoms with E-state index in [1.807, 2.05) is 12.1 Å². The van der Waals surface area contributed by atoms with E-state index in [1.54, 1.807) is 17.0 Å². The van der Waals surface area contributed by atoms with Crippen LogP contribution in [0, 0.1) is 11.3 Å². The Morgan fingerprint density at radius 2 is 2.18 bits per heavy atom. The minimum Gasteiger partial charge on any atom is -0.419 e. The van der Waals surface area contributed by atoms with Crippen molar-refractivity contribution >= 4 is 17.5 Å². The van der Waals surface area contributed by atoms with Gasteiger partial charge in [-0.15, -0.1) is 0 Å². The van der Waals surface area contributed by atoms with Crippen LogP contribution in [0.3, 0.4) is 0 Å². The highest BCUT2D eigenvalue weighted by molar-refractivity contribution is 6.30. The fraction of sp³-hybridized carbons (Fsp3) is 0.375. The molecule has 1 saturated heterocycles. The Balaban J connectivity index is 1.88. The van der Waals surface area contributed by atoms with Gasteiger partial charge in [-0.2, -0.15) is 10.2 Å². The highest BCUT2D eigenvalue weighted by Crippen LogP contribution is 2.29. The number of piperazine rings is 1. The first kappa shape index (κ1) is 14.9. The zero-order valence-corrected chi connectivity index (χ0v) is 13.2. The van der Waals surface area contributed by atoms with Gasteiger partial charge in [0.25, 0.3) is 0 Å². The number of nitrogens with zero attached hydrogens (tertiary/aromatic N) is 3. The smallest absolute Gasteiger partial charge is 0.235 e. The summed E-state index contributed by atoms with van der Waals surface area (Å²) in [5.74, 6) is 1.02. The molecule has 0 unspecified atom stereocenters. The Hall–Kier alpha value is -2.03. The maximum absolute atomic E-state index is 9.33. The summed E-state index contributed by atoms with van der Waals surface area (Å²) >= 11 is 6.01. The lowest BCUT2D eigenvalue weighted by atomic mass is 10.2. The maximum Gasteiger partial charge on any atom is 0.235 e. The predicted octanol–water partition coefficient (Wildman–Crippen LogP) is 1.59. The molecule has 1 fully saturated rings. The Morgan fingerprint density at radius 3 is 2.82 bits per heavy atom. The lowest BCUT2D eigenvalue weighted by molar-refractivity contribution is -0.898. The number of aromatic nitrogens is 1. The van der Waals surface area contributed by atoms with Gasteiger partial charge in [-0.05, 0) is 25.1 Å². The zero-order chi connectivity index (χ0) is 15.5. The number of nitriles is 1. The monoisotopic (exact) mass is 317 g/mol. The van der Waals surface area contributed by atoms with E-state index in [-0.39, 0.29) is 0 Å². The van der Waals surface area contributed by atoms with Crippen molar-refractivity contribution in [2.45, 2.75) is 6.92 Å². The van der Waals surface area contributed by atoms with Gasteiger partial charge in [-0.3, -0.25) is 0 Å². The Kier molecular flexibility index (Phi) is 4.32. The molecule has 3 rings (SSSR count). The second-order valence-electron chi connectivity index (χ2n) is 5.39. The van der Waals surface area contributed by atoms with Crippen LogP contribution in [0.2, 0.25) is 5.02 Å². The highest BCUT2D eigenvalue weighted by Gasteiger charge is 2.25. The summed E-state index contributed by atoms with van der Waals surface area (Å²) < 4.78 is 5.88. The number of nitrogens with one attached hydrogen (secondary N) is 1. The minimum absolute atomic E-state index is 0.343. The second kappa shape index (κ2) is 6.39. The van der Waals surface area contributed by atoms with Gasteiger partial charge < -0.3 is 14.2 Å². The van der Waals surface area contributed by atoms with Gasteiger partial charge in [0.2, 0.25) is 17.5 Å². The van der Waals surface area contributed by atoms with Crippen LogP contribution in [0.25, 0.3) is 11.5 Å². The Morgan fingerprint density at radius 1 is 1.41 bits per heavy atom. The molecule has 22 heavy (non-hydrogen) atoms. The van der Waals surface area contributed by atoms with Crippen molar-refractivity contribution in [2.75, 3.05) is 37.6 Å². The lowest BCUT2D eigenvalue weighted by Gasteiger charge is -2.31. The standard InChI is InChI=1S/C16H17ClN4O/c1-2-20-6-8-21(9-7-20)16-14(11-18)19-15(22-16)12-4-3-5-13(17)10-12/h3-5,10H,2,6-9H2,1H3/p+1. The van der Waals surface area contributed by atoms with E-state index in [2.05, 4.69) is 22.9 Å². The van der Waals surface area contributed by atoms with Crippen molar-refractivity contribution in [1.29, 1.82) is 5.26 Å². The molecule has 1 aromatic heterocycles. The van der Waals surface area contributed by atoms with E-state index >= 15 is 0 Å².